The summed E-state index contributed by atoms with van der Waals surface area (Å²) in [7, 11) is 0. The van der Waals surface area contributed by atoms with Gasteiger partial charge in [-0.3, -0.25) is 0 Å². The van der Waals surface area contributed by atoms with Gasteiger partial charge in [-0.05, 0) is 82.2 Å². The van der Waals surface area contributed by atoms with Gasteiger partial charge in [0, 0.05) is 22.7 Å². The molecule has 0 radical (unpaired) electrons. The van der Waals surface area contributed by atoms with Crippen molar-refractivity contribution in [3.05, 3.63) is 169 Å². The van der Waals surface area contributed by atoms with Crippen LogP contribution in [0, 0.1) is 22.7 Å². The molecule has 0 saturated carbocycles. The summed E-state index contributed by atoms with van der Waals surface area (Å²) in [4.78, 5) is 4.11. The first kappa shape index (κ1) is 26.5. The van der Waals surface area contributed by atoms with Crippen LogP contribution in [-0.4, -0.2) is 0 Å². The van der Waals surface area contributed by atoms with Crippen molar-refractivity contribution in [3.8, 4) is 12.1 Å². The third-order valence-corrected chi connectivity index (χ3v) is 7.85. The minimum absolute atomic E-state index is 0.456. The fraction of sp³-hybridized carbons (Fsp3) is 0. The van der Waals surface area contributed by atoms with Crippen LogP contribution in [-0.2, 0) is 0 Å². The Morgan fingerprint density at radius 1 is 0.341 bits per heavy atom. The Morgan fingerprint density at radius 3 is 1.09 bits per heavy atom. The Morgan fingerprint density at radius 2 is 0.705 bits per heavy atom. The highest BCUT2D eigenvalue weighted by molar-refractivity contribution is 5.93. The van der Waals surface area contributed by atoms with Crippen LogP contribution in [0.5, 0.6) is 0 Å². The monoisotopic (exact) mass is 562 g/mol. The van der Waals surface area contributed by atoms with E-state index in [1.165, 1.54) is 0 Å². The molecule has 0 atom stereocenters. The molecule has 44 heavy (non-hydrogen) atoms. The average Bonchev–Trinajstić information content (AvgIpc) is 3.09. The van der Waals surface area contributed by atoms with E-state index in [1.54, 1.807) is 0 Å². The summed E-state index contributed by atoms with van der Waals surface area (Å²) < 4.78 is 0. The van der Waals surface area contributed by atoms with Gasteiger partial charge in [-0.2, -0.15) is 10.5 Å². The predicted molar refractivity (Wildman–Crippen MR) is 180 cm³/mol. The van der Waals surface area contributed by atoms with Gasteiger partial charge in [0.25, 0.3) is 0 Å². The van der Waals surface area contributed by atoms with Crippen molar-refractivity contribution >= 4 is 55.7 Å². The van der Waals surface area contributed by atoms with Crippen LogP contribution in [0.2, 0.25) is 0 Å². The van der Waals surface area contributed by atoms with Crippen molar-refractivity contribution in [1.82, 2.24) is 0 Å². The number of hydrogen-bond acceptors (Lipinski definition) is 4. The predicted octanol–water partition coefficient (Wildman–Crippen LogP) is 10.7. The number of rotatable bonds is 6. The second-order valence-corrected chi connectivity index (χ2v) is 10.5. The number of fused-ring (bicyclic) bond motifs is 2. The van der Waals surface area contributed by atoms with Crippen LogP contribution in [0.25, 0.3) is 21.5 Å². The standard InChI is InChI=1S/C40H26N4/c41-27-33-26-40(44(36-17-5-2-6-18-36)38-22-20-30-12-8-10-14-32(30)24-38)34(28-42)25-39(33)43(35-15-3-1-4-16-35)37-21-19-29-11-7-9-13-31(29)23-37/h1-26H. The first-order valence-corrected chi connectivity index (χ1v) is 14.4. The van der Waals surface area contributed by atoms with E-state index in [0.717, 1.165) is 44.3 Å². The molecule has 206 valence electrons. The SMILES string of the molecule is N#Cc1cc(N(c2ccccc2)c2ccc3ccccc3c2)c(C#N)cc1N(c1ccccc1)c1ccc2ccccc2c1. The average molecular weight is 563 g/mol. The number of para-hydroxylation sites is 2. The van der Waals surface area contributed by atoms with Gasteiger partial charge in [0.15, 0.2) is 0 Å². The van der Waals surface area contributed by atoms with Crippen molar-refractivity contribution in [2.24, 2.45) is 0 Å². The van der Waals surface area contributed by atoms with Gasteiger partial charge < -0.3 is 9.80 Å². The minimum atomic E-state index is 0.456. The summed E-state index contributed by atoms with van der Waals surface area (Å²) in [6, 6.07) is 57.5. The Bertz CT molecular complexity index is 2050. The zero-order valence-corrected chi connectivity index (χ0v) is 23.8. The lowest BCUT2D eigenvalue weighted by molar-refractivity contribution is 1.24. The summed E-state index contributed by atoms with van der Waals surface area (Å²) in [5.74, 6) is 0. The highest BCUT2D eigenvalue weighted by atomic mass is 15.2. The minimum Gasteiger partial charge on any atom is -0.309 e. The Balaban J connectivity index is 1.46. The summed E-state index contributed by atoms with van der Waals surface area (Å²) in [6.07, 6.45) is 0. The van der Waals surface area contributed by atoms with E-state index in [9.17, 15) is 10.5 Å². The molecule has 4 nitrogen and oxygen atoms in total. The van der Waals surface area contributed by atoms with E-state index < -0.39 is 0 Å². The lowest BCUT2D eigenvalue weighted by Crippen LogP contribution is -2.15. The first-order valence-electron chi connectivity index (χ1n) is 14.4. The van der Waals surface area contributed by atoms with Crippen LogP contribution in [0.3, 0.4) is 0 Å². The molecule has 0 N–H and O–H groups in total. The summed E-state index contributed by atoms with van der Waals surface area (Å²) >= 11 is 0. The molecule has 7 aromatic rings. The molecule has 0 spiro atoms. The van der Waals surface area contributed by atoms with Gasteiger partial charge in [0.1, 0.15) is 12.1 Å². The number of anilines is 6. The molecule has 0 aromatic heterocycles. The van der Waals surface area contributed by atoms with Crippen molar-refractivity contribution in [2.75, 3.05) is 9.80 Å². The molecule has 0 amide bonds. The van der Waals surface area contributed by atoms with Crippen LogP contribution in [0.4, 0.5) is 34.1 Å². The third kappa shape index (κ3) is 4.88. The Kier molecular flexibility index (Phi) is 6.93. The molecular weight excluding hydrogens is 536 g/mol. The van der Waals surface area contributed by atoms with E-state index in [-0.39, 0.29) is 0 Å². The summed E-state index contributed by atoms with van der Waals surface area (Å²) in [5.41, 5.74) is 5.78. The highest BCUT2D eigenvalue weighted by Gasteiger charge is 2.23. The van der Waals surface area contributed by atoms with Gasteiger partial charge in [-0.25, -0.2) is 0 Å². The van der Waals surface area contributed by atoms with Crippen molar-refractivity contribution in [3.63, 3.8) is 0 Å². The molecule has 0 saturated heterocycles. The van der Waals surface area contributed by atoms with Crippen LogP contribution >= 0.6 is 0 Å². The maximum atomic E-state index is 10.6. The summed E-state index contributed by atoms with van der Waals surface area (Å²) in [6.45, 7) is 0. The number of benzene rings is 7. The Hall–Kier alpha value is -6.36. The largest absolute Gasteiger partial charge is 0.309 e. The lowest BCUT2D eigenvalue weighted by atomic mass is 10.0. The van der Waals surface area contributed by atoms with Gasteiger partial charge >= 0.3 is 0 Å². The number of hydrogen-bond donors (Lipinski definition) is 0. The molecule has 0 aliphatic heterocycles. The van der Waals surface area contributed by atoms with Gasteiger partial charge in [-0.15, -0.1) is 0 Å². The van der Waals surface area contributed by atoms with Crippen molar-refractivity contribution in [2.45, 2.75) is 0 Å². The third-order valence-electron chi connectivity index (χ3n) is 7.85. The van der Waals surface area contributed by atoms with Crippen LogP contribution in [0.15, 0.2) is 158 Å². The number of nitriles is 2. The van der Waals surface area contributed by atoms with Crippen molar-refractivity contribution < 1.29 is 0 Å². The molecular formula is C40H26N4. The fourth-order valence-corrected chi connectivity index (χ4v) is 5.77. The zero-order valence-electron chi connectivity index (χ0n) is 23.8. The van der Waals surface area contributed by atoms with Crippen LogP contribution < -0.4 is 9.80 Å². The molecule has 0 fully saturated rings. The van der Waals surface area contributed by atoms with E-state index >= 15 is 0 Å². The quantitative estimate of drug-likeness (QED) is 0.202. The molecule has 4 heteroatoms. The molecule has 7 rings (SSSR count). The van der Waals surface area contributed by atoms with E-state index in [2.05, 4.69) is 82.6 Å². The molecule has 0 aliphatic rings. The maximum Gasteiger partial charge on any atom is 0.101 e. The first-order chi connectivity index (χ1) is 21.7. The van der Waals surface area contributed by atoms with E-state index in [4.69, 9.17) is 0 Å². The molecule has 0 bridgehead atoms. The highest BCUT2D eigenvalue weighted by Crippen LogP contribution is 2.43. The van der Waals surface area contributed by atoms with Gasteiger partial charge in [-0.1, -0.05) is 97.1 Å². The van der Waals surface area contributed by atoms with Crippen LogP contribution in [0.1, 0.15) is 11.1 Å². The molecule has 0 heterocycles. The van der Waals surface area contributed by atoms with E-state index in [1.807, 2.05) is 97.1 Å². The van der Waals surface area contributed by atoms with E-state index in [0.29, 0.717) is 22.5 Å². The molecule has 7 aromatic carbocycles. The molecule has 0 aliphatic carbocycles. The number of nitrogens with zero attached hydrogens (tertiary/aromatic N) is 4. The second kappa shape index (κ2) is 11.5. The van der Waals surface area contributed by atoms with Gasteiger partial charge in [0.05, 0.1) is 22.5 Å². The van der Waals surface area contributed by atoms with Gasteiger partial charge in [0.2, 0.25) is 0 Å². The fourth-order valence-electron chi connectivity index (χ4n) is 5.77. The topological polar surface area (TPSA) is 54.1 Å². The molecule has 0 unspecified atom stereocenters. The second-order valence-electron chi connectivity index (χ2n) is 10.5. The Labute approximate surface area is 256 Å². The smallest absolute Gasteiger partial charge is 0.101 e. The zero-order chi connectivity index (χ0) is 29.9. The normalized spacial score (nSPS) is 10.7. The summed E-state index contributed by atoms with van der Waals surface area (Å²) in [5, 5.41) is 25.7. The maximum absolute atomic E-state index is 10.6. The lowest BCUT2D eigenvalue weighted by Gasteiger charge is -2.30. The van der Waals surface area contributed by atoms with Crippen molar-refractivity contribution in [1.29, 1.82) is 10.5 Å².